The van der Waals surface area contributed by atoms with Crippen LogP contribution in [-0.4, -0.2) is 55.4 Å². The number of hydrogen-bond donors (Lipinski definition) is 1. The Morgan fingerprint density at radius 2 is 1.95 bits per heavy atom. The molecule has 1 saturated heterocycles. The van der Waals surface area contributed by atoms with E-state index in [4.69, 9.17) is 4.74 Å². The number of alkyl halides is 3. The van der Waals surface area contributed by atoms with Crippen molar-refractivity contribution in [3.05, 3.63) is 0 Å². The van der Waals surface area contributed by atoms with Gasteiger partial charge in [-0.1, -0.05) is 0 Å². The van der Waals surface area contributed by atoms with Crippen LogP contribution in [0.2, 0.25) is 0 Å². The molecule has 20 heavy (non-hydrogen) atoms. The fourth-order valence-electron chi connectivity index (χ4n) is 2.17. The van der Waals surface area contributed by atoms with Gasteiger partial charge in [0, 0.05) is 6.04 Å². The van der Waals surface area contributed by atoms with Crippen LogP contribution in [0.3, 0.4) is 0 Å². The van der Waals surface area contributed by atoms with Crippen molar-refractivity contribution < 1.29 is 22.7 Å². The summed E-state index contributed by atoms with van der Waals surface area (Å²) in [4.78, 5) is 12.7. The largest absolute Gasteiger partial charge is 0.406 e. The zero-order chi connectivity index (χ0) is 15.2. The molecule has 0 aromatic heterocycles. The van der Waals surface area contributed by atoms with Crippen LogP contribution < -0.4 is 5.32 Å². The average molecular weight is 296 g/mol. The zero-order valence-corrected chi connectivity index (χ0v) is 12.0. The van der Waals surface area contributed by atoms with E-state index in [1.807, 2.05) is 0 Å². The van der Waals surface area contributed by atoms with Crippen LogP contribution >= 0.6 is 0 Å². The molecular weight excluding hydrogens is 273 g/mol. The van der Waals surface area contributed by atoms with E-state index >= 15 is 0 Å². The number of amides is 1. The van der Waals surface area contributed by atoms with Gasteiger partial charge in [0.2, 0.25) is 5.91 Å². The lowest BCUT2D eigenvalue weighted by Crippen LogP contribution is -2.43. The standard InChI is InChI=1S/C13H23F3N2O2/c1-10(2)18(9-13(14,15)16)12(19)5-8-20-11-3-6-17-7-4-11/h10-11,17H,3-9H2,1-2H3. The number of carbonyl (C=O) groups is 1. The highest BCUT2D eigenvalue weighted by Gasteiger charge is 2.34. The summed E-state index contributed by atoms with van der Waals surface area (Å²) in [5.41, 5.74) is 0. The lowest BCUT2D eigenvalue weighted by atomic mass is 10.1. The summed E-state index contributed by atoms with van der Waals surface area (Å²) in [5, 5.41) is 3.19. The van der Waals surface area contributed by atoms with Gasteiger partial charge in [0.1, 0.15) is 6.54 Å². The first-order valence-electron chi connectivity index (χ1n) is 6.98. The summed E-state index contributed by atoms with van der Waals surface area (Å²) >= 11 is 0. The molecule has 1 fully saturated rings. The van der Waals surface area contributed by atoms with Crippen molar-refractivity contribution in [3.8, 4) is 0 Å². The predicted octanol–water partition coefficient (Wildman–Crippen LogP) is 1.94. The number of halogens is 3. The first-order valence-corrected chi connectivity index (χ1v) is 6.98. The molecule has 1 aliphatic heterocycles. The molecule has 0 spiro atoms. The van der Waals surface area contributed by atoms with Crippen LogP contribution in [0.4, 0.5) is 13.2 Å². The second kappa shape index (κ2) is 7.83. The van der Waals surface area contributed by atoms with Gasteiger partial charge < -0.3 is 15.0 Å². The molecule has 7 heteroatoms. The molecule has 0 saturated carbocycles. The van der Waals surface area contributed by atoms with Crippen LogP contribution in [0.25, 0.3) is 0 Å². The molecule has 1 rings (SSSR count). The van der Waals surface area contributed by atoms with Gasteiger partial charge in [-0.05, 0) is 39.8 Å². The topological polar surface area (TPSA) is 41.6 Å². The molecule has 0 radical (unpaired) electrons. The molecule has 0 bridgehead atoms. The third-order valence-corrected chi connectivity index (χ3v) is 3.25. The van der Waals surface area contributed by atoms with Crippen molar-refractivity contribution in [2.45, 2.75) is 51.4 Å². The van der Waals surface area contributed by atoms with E-state index in [1.54, 1.807) is 13.8 Å². The van der Waals surface area contributed by atoms with E-state index in [2.05, 4.69) is 5.32 Å². The van der Waals surface area contributed by atoms with Gasteiger partial charge in [0.15, 0.2) is 0 Å². The Morgan fingerprint density at radius 1 is 1.35 bits per heavy atom. The Bertz CT molecular complexity index is 302. The van der Waals surface area contributed by atoms with Gasteiger partial charge >= 0.3 is 6.18 Å². The summed E-state index contributed by atoms with van der Waals surface area (Å²) in [6.07, 6.45) is -2.50. The highest BCUT2D eigenvalue weighted by Crippen LogP contribution is 2.19. The first kappa shape index (κ1) is 17.2. The molecule has 0 aromatic rings. The molecule has 0 atom stereocenters. The van der Waals surface area contributed by atoms with E-state index in [1.165, 1.54) is 0 Å². The van der Waals surface area contributed by atoms with E-state index < -0.39 is 24.7 Å². The van der Waals surface area contributed by atoms with E-state index in [9.17, 15) is 18.0 Å². The molecule has 118 valence electrons. The predicted molar refractivity (Wildman–Crippen MR) is 69.4 cm³/mol. The summed E-state index contributed by atoms with van der Waals surface area (Å²) in [5.74, 6) is -0.508. The second-order valence-corrected chi connectivity index (χ2v) is 5.30. The Morgan fingerprint density at radius 3 is 2.45 bits per heavy atom. The van der Waals surface area contributed by atoms with Crippen LogP contribution in [0.15, 0.2) is 0 Å². The number of nitrogens with zero attached hydrogens (tertiary/aromatic N) is 1. The average Bonchev–Trinajstić information content (AvgIpc) is 2.36. The van der Waals surface area contributed by atoms with E-state index in [0.29, 0.717) is 0 Å². The number of hydrogen-bond acceptors (Lipinski definition) is 3. The lowest BCUT2D eigenvalue weighted by molar-refractivity contribution is -0.165. The molecular formula is C13H23F3N2O2. The Hall–Kier alpha value is -0.820. The monoisotopic (exact) mass is 296 g/mol. The van der Waals surface area contributed by atoms with E-state index in [0.717, 1.165) is 30.8 Å². The van der Waals surface area contributed by atoms with Crippen LogP contribution in [0.5, 0.6) is 0 Å². The van der Waals surface area contributed by atoms with Crippen molar-refractivity contribution in [2.24, 2.45) is 0 Å². The summed E-state index contributed by atoms with van der Waals surface area (Å²) in [7, 11) is 0. The van der Waals surface area contributed by atoms with E-state index in [-0.39, 0.29) is 19.1 Å². The minimum absolute atomic E-state index is 0.00180. The van der Waals surface area contributed by atoms with Crippen LogP contribution in [0, 0.1) is 0 Å². The number of ether oxygens (including phenoxy) is 1. The molecule has 4 nitrogen and oxygen atoms in total. The highest BCUT2D eigenvalue weighted by molar-refractivity contribution is 5.76. The minimum Gasteiger partial charge on any atom is -0.378 e. The summed E-state index contributed by atoms with van der Waals surface area (Å²) < 4.78 is 42.8. The van der Waals surface area contributed by atoms with Gasteiger partial charge in [-0.15, -0.1) is 0 Å². The third-order valence-electron chi connectivity index (χ3n) is 3.25. The SMILES string of the molecule is CC(C)N(CC(F)(F)F)C(=O)CCOC1CCNCC1. The van der Waals surface area contributed by atoms with Crippen molar-refractivity contribution in [1.82, 2.24) is 10.2 Å². The maximum Gasteiger partial charge on any atom is 0.406 e. The van der Waals surface area contributed by atoms with Gasteiger partial charge in [-0.3, -0.25) is 4.79 Å². The fourth-order valence-corrected chi connectivity index (χ4v) is 2.17. The number of nitrogens with one attached hydrogen (secondary N) is 1. The van der Waals surface area contributed by atoms with Crippen molar-refractivity contribution in [2.75, 3.05) is 26.2 Å². The molecule has 0 aliphatic carbocycles. The second-order valence-electron chi connectivity index (χ2n) is 5.30. The maximum atomic E-state index is 12.4. The Balaban J connectivity index is 2.34. The molecule has 0 aromatic carbocycles. The van der Waals surface area contributed by atoms with Crippen molar-refractivity contribution in [1.29, 1.82) is 0 Å². The number of rotatable bonds is 6. The molecule has 1 heterocycles. The van der Waals surface area contributed by atoms with Gasteiger partial charge in [0.25, 0.3) is 0 Å². The maximum absolute atomic E-state index is 12.4. The fraction of sp³-hybridized carbons (Fsp3) is 0.923. The normalized spacial score (nSPS) is 17.5. The first-order chi connectivity index (χ1) is 9.29. The number of piperidine rings is 1. The Kier molecular flexibility index (Phi) is 6.75. The highest BCUT2D eigenvalue weighted by atomic mass is 19.4. The van der Waals surface area contributed by atoms with Gasteiger partial charge in [0.05, 0.1) is 19.1 Å². The minimum atomic E-state index is -4.37. The van der Waals surface area contributed by atoms with Gasteiger partial charge in [-0.25, -0.2) is 0 Å². The molecule has 1 N–H and O–H groups in total. The number of carbonyl (C=O) groups excluding carboxylic acids is 1. The zero-order valence-electron chi connectivity index (χ0n) is 12.0. The quantitative estimate of drug-likeness (QED) is 0.814. The van der Waals surface area contributed by atoms with Crippen molar-refractivity contribution >= 4 is 5.91 Å². The summed E-state index contributed by atoms with van der Waals surface area (Å²) in [6, 6.07) is -0.469. The Labute approximate surface area is 117 Å². The van der Waals surface area contributed by atoms with Crippen LogP contribution in [-0.2, 0) is 9.53 Å². The summed E-state index contributed by atoms with van der Waals surface area (Å²) in [6.45, 7) is 3.91. The van der Waals surface area contributed by atoms with Crippen molar-refractivity contribution in [3.63, 3.8) is 0 Å². The molecule has 1 amide bonds. The third kappa shape index (κ3) is 6.56. The lowest BCUT2D eigenvalue weighted by Gasteiger charge is -2.28. The molecule has 1 aliphatic rings. The smallest absolute Gasteiger partial charge is 0.378 e. The van der Waals surface area contributed by atoms with Crippen LogP contribution in [0.1, 0.15) is 33.1 Å². The molecule has 0 unspecified atom stereocenters. The van der Waals surface area contributed by atoms with Gasteiger partial charge in [-0.2, -0.15) is 13.2 Å².